The van der Waals surface area contributed by atoms with E-state index in [1.807, 2.05) is 30.3 Å². The van der Waals surface area contributed by atoms with Crippen molar-refractivity contribution in [3.05, 3.63) is 60.0 Å². The molecule has 0 radical (unpaired) electrons. The molecule has 1 aromatic heterocycles. The summed E-state index contributed by atoms with van der Waals surface area (Å²) in [5.74, 6) is -0.870. The molecule has 98 valence electrons. The average molecular weight is 259 g/mol. The van der Waals surface area contributed by atoms with E-state index in [1.54, 1.807) is 0 Å². The van der Waals surface area contributed by atoms with Gasteiger partial charge in [0, 0.05) is 0 Å². The van der Waals surface area contributed by atoms with E-state index in [0.717, 1.165) is 5.56 Å². The summed E-state index contributed by atoms with van der Waals surface area (Å²) in [4.78, 5) is 15.4. The van der Waals surface area contributed by atoms with Crippen LogP contribution in [-0.2, 0) is 11.2 Å². The van der Waals surface area contributed by atoms with E-state index < -0.39 is 12.0 Å². The molecule has 1 heterocycles. The Balaban J connectivity index is 1.96. The summed E-state index contributed by atoms with van der Waals surface area (Å²) >= 11 is 0. The number of hydrogen-bond acceptors (Lipinski definition) is 3. The maximum Gasteiger partial charge on any atom is 0.242 e. The van der Waals surface area contributed by atoms with Crippen LogP contribution in [-0.4, -0.2) is 16.9 Å². The molecule has 2 aromatic rings. The zero-order valence-corrected chi connectivity index (χ0v) is 10.2. The third-order valence-electron chi connectivity index (χ3n) is 2.60. The second kappa shape index (κ2) is 6.06. The number of anilines is 1. The van der Waals surface area contributed by atoms with Gasteiger partial charge in [-0.3, -0.25) is 4.79 Å². The molecule has 0 spiro atoms. The molecule has 3 N–H and O–H groups in total. The first-order valence-electron chi connectivity index (χ1n) is 5.88. The number of carbonyl (C=O) groups excluding carboxylic acids is 1. The molecule has 2 rings (SSSR count). The lowest BCUT2D eigenvalue weighted by atomic mass is 10.1. The van der Waals surface area contributed by atoms with Crippen LogP contribution in [0.25, 0.3) is 0 Å². The number of nitrogens with one attached hydrogen (secondary N) is 1. The molecule has 4 nitrogen and oxygen atoms in total. The highest BCUT2D eigenvalue weighted by atomic mass is 19.1. The van der Waals surface area contributed by atoms with Gasteiger partial charge in [-0.2, -0.15) is 4.39 Å². The van der Waals surface area contributed by atoms with Crippen LogP contribution in [0.3, 0.4) is 0 Å². The van der Waals surface area contributed by atoms with Gasteiger partial charge in [0.15, 0.2) is 0 Å². The van der Waals surface area contributed by atoms with Crippen LogP contribution >= 0.6 is 0 Å². The highest BCUT2D eigenvalue weighted by Gasteiger charge is 2.14. The maximum atomic E-state index is 12.9. The first-order valence-corrected chi connectivity index (χ1v) is 5.88. The van der Waals surface area contributed by atoms with E-state index in [1.165, 1.54) is 18.2 Å². The zero-order chi connectivity index (χ0) is 13.7. The molecule has 0 aliphatic carbocycles. The minimum absolute atomic E-state index is 0.161. The molecule has 0 bridgehead atoms. The van der Waals surface area contributed by atoms with Crippen molar-refractivity contribution < 1.29 is 9.18 Å². The lowest BCUT2D eigenvalue weighted by molar-refractivity contribution is -0.117. The Morgan fingerprint density at radius 3 is 2.63 bits per heavy atom. The Kier molecular flexibility index (Phi) is 4.20. The van der Waals surface area contributed by atoms with Crippen molar-refractivity contribution in [2.75, 3.05) is 5.32 Å². The number of halogens is 1. The van der Waals surface area contributed by atoms with Crippen molar-refractivity contribution in [3.8, 4) is 0 Å². The van der Waals surface area contributed by atoms with Gasteiger partial charge in [-0.15, -0.1) is 0 Å². The molecule has 5 heteroatoms. The van der Waals surface area contributed by atoms with Gasteiger partial charge in [-0.1, -0.05) is 36.4 Å². The van der Waals surface area contributed by atoms with Crippen LogP contribution in [0.4, 0.5) is 10.2 Å². The number of benzene rings is 1. The van der Waals surface area contributed by atoms with Crippen molar-refractivity contribution in [3.63, 3.8) is 0 Å². The summed E-state index contributed by atoms with van der Waals surface area (Å²) in [6.45, 7) is 0. The van der Waals surface area contributed by atoms with E-state index in [9.17, 15) is 9.18 Å². The molecule has 1 aromatic carbocycles. The number of nitrogens with two attached hydrogens (primary N) is 1. The number of hydrogen-bond donors (Lipinski definition) is 2. The van der Waals surface area contributed by atoms with Crippen molar-refractivity contribution in [1.82, 2.24) is 4.98 Å². The Bertz CT molecular complexity index is 560. The predicted octanol–water partition coefficient (Wildman–Crippen LogP) is 1.73. The van der Waals surface area contributed by atoms with E-state index in [2.05, 4.69) is 10.3 Å². The number of carbonyl (C=O) groups is 1. The third kappa shape index (κ3) is 3.86. The van der Waals surface area contributed by atoms with Crippen molar-refractivity contribution in [2.45, 2.75) is 12.5 Å². The standard InChI is InChI=1S/C14H14FN3O/c15-12-7-4-8-13(17-12)18-14(19)11(16)9-10-5-2-1-3-6-10/h1-8,11H,9,16H2,(H,17,18,19)/t11-/m1/s1. The SMILES string of the molecule is N[C@H](Cc1ccccc1)C(=O)Nc1cccc(F)n1. The molecule has 0 unspecified atom stereocenters. The van der Waals surface area contributed by atoms with E-state index in [0.29, 0.717) is 6.42 Å². The lowest BCUT2D eigenvalue weighted by Crippen LogP contribution is -2.37. The molecule has 0 saturated heterocycles. The molecular weight excluding hydrogens is 245 g/mol. The number of nitrogens with zero attached hydrogens (tertiary/aromatic N) is 1. The fourth-order valence-electron chi connectivity index (χ4n) is 1.66. The summed E-state index contributed by atoms with van der Waals surface area (Å²) in [6, 6.07) is 12.9. The summed E-state index contributed by atoms with van der Waals surface area (Å²) in [5.41, 5.74) is 6.77. The summed E-state index contributed by atoms with van der Waals surface area (Å²) in [6.07, 6.45) is 0.419. The number of pyridine rings is 1. The van der Waals surface area contributed by atoms with Gasteiger partial charge in [0.1, 0.15) is 5.82 Å². The molecular formula is C14H14FN3O. The van der Waals surface area contributed by atoms with Crippen LogP contribution in [0.15, 0.2) is 48.5 Å². The number of amides is 1. The predicted molar refractivity (Wildman–Crippen MR) is 70.9 cm³/mol. The highest BCUT2D eigenvalue weighted by Crippen LogP contribution is 2.06. The Labute approximate surface area is 110 Å². The fourth-order valence-corrected chi connectivity index (χ4v) is 1.66. The van der Waals surface area contributed by atoms with Crippen LogP contribution in [0, 0.1) is 5.95 Å². The highest BCUT2D eigenvalue weighted by molar-refractivity contribution is 5.94. The molecule has 0 aliphatic heterocycles. The second-order valence-electron chi connectivity index (χ2n) is 4.13. The van der Waals surface area contributed by atoms with Crippen LogP contribution in [0.5, 0.6) is 0 Å². The normalized spacial score (nSPS) is 11.9. The molecule has 1 amide bonds. The van der Waals surface area contributed by atoms with Crippen LogP contribution in [0.1, 0.15) is 5.56 Å². The summed E-state index contributed by atoms with van der Waals surface area (Å²) in [7, 11) is 0. The fraction of sp³-hybridized carbons (Fsp3) is 0.143. The van der Waals surface area contributed by atoms with Crippen LogP contribution < -0.4 is 11.1 Å². The molecule has 0 saturated carbocycles. The Morgan fingerprint density at radius 1 is 1.21 bits per heavy atom. The van der Waals surface area contributed by atoms with Gasteiger partial charge in [0.25, 0.3) is 0 Å². The van der Waals surface area contributed by atoms with Gasteiger partial charge in [-0.05, 0) is 24.1 Å². The van der Waals surface area contributed by atoms with Gasteiger partial charge >= 0.3 is 0 Å². The average Bonchev–Trinajstić information content (AvgIpc) is 2.40. The maximum absolute atomic E-state index is 12.9. The topological polar surface area (TPSA) is 68.0 Å². The van der Waals surface area contributed by atoms with Gasteiger partial charge in [0.05, 0.1) is 6.04 Å². The Hall–Kier alpha value is -2.27. The number of rotatable bonds is 4. The molecule has 19 heavy (non-hydrogen) atoms. The van der Waals surface area contributed by atoms with Gasteiger partial charge in [-0.25, -0.2) is 4.98 Å². The van der Waals surface area contributed by atoms with Crippen molar-refractivity contribution in [2.24, 2.45) is 5.73 Å². The smallest absolute Gasteiger partial charge is 0.242 e. The van der Waals surface area contributed by atoms with E-state index >= 15 is 0 Å². The monoisotopic (exact) mass is 259 g/mol. The Morgan fingerprint density at radius 2 is 1.95 bits per heavy atom. The first-order chi connectivity index (χ1) is 9.15. The number of aromatic nitrogens is 1. The zero-order valence-electron chi connectivity index (χ0n) is 10.2. The largest absolute Gasteiger partial charge is 0.320 e. The van der Waals surface area contributed by atoms with E-state index in [-0.39, 0.29) is 11.7 Å². The summed E-state index contributed by atoms with van der Waals surface area (Å²) < 4.78 is 12.9. The van der Waals surface area contributed by atoms with Crippen LogP contribution in [0.2, 0.25) is 0 Å². The lowest BCUT2D eigenvalue weighted by Gasteiger charge is -2.11. The van der Waals surface area contributed by atoms with E-state index in [4.69, 9.17) is 5.73 Å². The minimum Gasteiger partial charge on any atom is -0.320 e. The molecule has 0 fully saturated rings. The first kappa shape index (κ1) is 13.2. The van der Waals surface area contributed by atoms with Gasteiger partial charge in [0.2, 0.25) is 11.9 Å². The molecule has 1 atom stereocenters. The van der Waals surface area contributed by atoms with Crippen molar-refractivity contribution >= 4 is 11.7 Å². The minimum atomic E-state index is -0.701. The molecule has 0 aliphatic rings. The van der Waals surface area contributed by atoms with Crippen molar-refractivity contribution in [1.29, 1.82) is 0 Å². The third-order valence-corrected chi connectivity index (χ3v) is 2.60. The van der Waals surface area contributed by atoms with Gasteiger partial charge < -0.3 is 11.1 Å². The second-order valence-corrected chi connectivity index (χ2v) is 4.13. The summed E-state index contributed by atoms with van der Waals surface area (Å²) in [5, 5.41) is 2.49. The quantitative estimate of drug-likeness (QED) is 0.822.